The summed E-state index contributed by atoms with van der Waals surface area (Å²) in [6.45, 7) is 4.43. The molecule has 0 saturated carbocycles. The monoisotopic (exact) mass is 468 g/mol. The van der Waals surface area contributed by atoms with Crippen molar-refractivity contribution in [3.63, 3.8) is 0 Å². The van der Waals surface area contributed by atoms with Crippen molar-refractivity contribution in [2.24, 2.45) is 5.73 Å². The molecule has 6 nitrogen and oxygen atoms in total. The van der Waals surface area contributed by atoms with E-state index in [0.29, 0.717) is 28.9 Å². The Kier molecular flexibility index (Phi) is 6.50. The molecule has 0 amide bonds. The van der Waals surface area contributed by atoms with Crippen molar-refractivity contribution in [1.82, 2.24) is 9.97 Å². The van der Waals surface area contributed by atoms with Crippen molar-refractivity contribution in [2.45, 2.75) is 26.4 Å². The molecule has 166 valence electrons. The van der Waals surface area contributed by atoms with Gasteiger partial charge < -0.3 is 20.5 Å². The van der Waals surface area contributed by atoms with Gasteiger partial charge in [0, 0.05) is 32.8 Å². The molecule has 0 fully saturated rings. The first-order chi connectivity index (χ1) is 15.4. The van der Waals surface area contributed by atoms with Gasteiger partial charge >= 0.3 is 0 Å². The lowest BCUT2D eigenvalue weighted by molar-refractivity contribution is 0.356. The zero-order valence-electron chi connectivity index (χ0n) is 18.4. The van der Waals surface area contributed by atoms with Crippen molar-refractivity contribution >= 4 is 39.7 Å². The van der Waals surface area contributed by atoms with Crippen molar-refractivity contribution < 1.29 is 9.47 Å². The predicted molar refractivity (Wildman–Crippen MR) is 132 cm³/mol. The van der Waals surface area contributed by atoms with E-state index in [0.717, 1.165) is 32.7 Å². The van der Waals surface area contributed by atoms with Gasteiger partial charge in [0.2, 0.25) is 0 Å². The van der Waals surface area contributed by atoms with Gasteiger partial charge in [-0.3, -0.25) is 0 Å². The van der Waals surface area contributed by atoms with E-state index < -0.39 is 0 Å². The van der Waals surface area contributed by atoms with Crippen LogP contribution < -0.4 is 20.5 Å². The van der Waals surface area contributed by atoms with Gasteiger partial charge in [-0.25, -0.2) is 9.97 Å². The summed E-state index contributed by atoms with van der Waals surface area (Å²) in [5.74, 6) is 2.71. The summed E-state index contributed by atoms with van der Waals surface area (Å²) in [6.07, 6.45) is 0. The molecule has 8 heteroatoms. The molecule has 0 aliphatic carbocycles. The smallest absolute Gasteiger partial charge is 0.162 e. The van der Waals surface area contributed by atoms with Gasteiger partial charge in [-0.2, -0.15) is 0 Å². The van der Waals surface area contributed by atoms with Gasteiger partial charge in [0.05, 0.1) is 25.8 Å². The number of benzene rings is 2. The largest absolute Gasteiger partial charge is 0.493 e. The molecule has 3 N–H and O–H groups in total. The standard InChI is InChI=1S/C24H25ClN4O2S/c1-13(22-7-8-23(32-22)17-6-5-16(25)9-15(17)12-26)27-24-18-10-20(30-3)21(31-4)11-19(18)28-14(2)29-24/h5-11,13H,12,26H2,1-4H3,(H,27,28,29). The van der Waals surface area contributed by atoms with E-state index in [9.17, 15) is 0 Å². The first-order valence-electron chi connectivity index (χ1n) is 10.2. The Morgan fingerprint density at radius 3 is 2.53 bits per heavy atom. The van der Waals surface area contributed by atoms with Crippen molar-refractivity contribution in [2.75, 3.05) is 19.5 Å². The van der Waals surface area contributed by atoms with E-state index in [4.69, 9.17) is 26.8 Å². The summed E-state index contributed by atoms with van der Waals surface area (Å²) in [5, 5.41) is 5.12. The van der Waals surface area contributed by atoms with Gasteiger partial charge in [-0.1, -0.05) is 17.7 Å². The van der Waals surface area contributed by atoms with Crippen LogP contribution in [0.25, 0.3) is 21.3 Å². The molecule has 0 spiro atoms. The van der Waals surface area contributed by atoms with Crippen LogP contribution in [0.1, 0.15) is 29.2 Å². The number of aryl methyl sites for hydroxylation is 1. The zero-order chi connectivity index (χ0) is 22.8. The third-order valence-electron chi connectivity index (χ3n) is 5.27. The van der Waals surface area contributed by atoms with Crippen molar-refractivity contribution in [3.05, 3.63) is 63.8 Å². The first-order valence-corrected chi connectivity index (χ1v) is 11.4. The molecule has 0 aliphatic rings. The van der Waals surface area contributed by atoms with Crippen LogP contribution in [-0.4, -0.2) is 24.2 Å². The van der Waals surface area contributed by atoms with Crippen LogP contribution in [0.3, 0.4) is 0 Å². The molecule has 1 unspecified atom stereocenters. The number of hydrogen-bond acceptors (Lipinski definition) is 7. The third-order valence-corrected chi connectivity index (χ3v) is 6.81. The van der Waals surface area contributed by atoms with Crippen molar-refractivity contribution in [3.8, 4) is 21.9 Å². The number of nitrogens with two attached hydrogens (primary N) is 1. The molecule has 0 bridgehead atoms. The second-order valence-corrected chi connectivity index (χ2v) is 8.97. The summed E-state index contributed by atoms with van der Waals surface area (Å²) < 4.78 is 10.9. The van der Waals surface area contributed by atoms with Crippen LogP contribution in [0.2, 0.25) is 5.02 Å². The highest BCUT2D eigenvalue weighted by atomic mass is 35.5. The number of halogens is 1. The Morgan fingerprint density at radius 2 is 1.81 bits per heavy atom. The molecule has 1 atom stereocenters. The van der Waals surface area contributed by atoms with E-state index in [1.165, 1.54) is 4.88 Å². The predicted octanol–water partition coefficient (Wildman–Crippen LogP) is 5.97. The Labute approximate surface area is 196 Å². The molecule has 2 aromatic heterocycles. The van der Waals surface area contributed by atoms with E-state index >= 15 is 0 Å². The lowest BCUT2D eigenvalue weighted by Gasteiger charge is -2.16. The van der Waals surface area contributed by atoms with Gasteiger partial charge in [-0.15, -0.1) is 11.3 Å². The topological polar surface area (TPSA) is 82.3 Å². The maximum absolute atomic E-state index is 6.14. The van der Waals surface area contributed by atoms with E-state index in [-0.39, 0.29) is 6.04 Å². The Bertz CT molecular complexity index is 1270. The number of fused-ring (bicyclic) bond motifs is 1. The Balaban J connectivity index is 1.67. The van der Waals surface area contributed by atoms with E-state index in [1.807, 2.05) is 37.3 Å². The molecule has 2 heterocycles. The average molecular weight is 469 g/mol. The molecular weight excluding hydrogens is 444 g/mol. The molecule has 4 aromatic rings. The molecule has 0 aliphatic heterocycles. The summed E-state index contributed by atoms with van der Waals surface area (Å²) in [4.78, 5) is 11.6. The molecule has 32 heavy (non-hydrogen) atoms. The third kappa shape index (κ3) is 4.37. The highest BCUT2D eigenvalue weighted by molar-refractivity contribution is 7.15. The molecular formula is C24H25ClN4O2S. The number of rotatable bonds is 7. The van der Waals surface area contributed by atoms with Crippen molar-refractivity contribution in [1.29, 1.82) is 0 Å². The fourth-order valence-corrected chi connectivity index (χ4v) is 4.93. The van der Waals surface area contributed by atoms with Crippen LogP contribution in [0.15, 0.2) is 42.5 Å². The highest BCUT2D eigenvalue weighted by Crippen LogP contribution is 2.37. The second kappa shape index (κ2) is 9.32. The second-order valence-electron chi connectivity index (χ2n) is 7.42. The fraction of sp³-hybridized carbons (Fsp3) is 0.250. The quantitative estimate of drug-likeness (QED) is 0.347. The minimum absolute atomic E-state index is 0.0352. The number of aromatic nitrogens is 2. The van der Waals surface area contributed by atoms with Gasteiger partial charge in [-0.05, 0) is 55.3 Å². The number of anilines is 1. The number of ether oxygens (including phenoxy) is 2. The average Bonchev–Trinajstić information content (AvgIpc) is 3.28. The lowest BCUT2D eigenvalue weighted by Crippen LogP contribution is -2.08. The number of nitrogens with one attached hydrogen (secondary N) is 1. The molecule has 0 saturated heterocycles. The Hall–Kier alpha value is -2.87. The maximum Gasteiger partial charge on any atom is 0.162 e. The van der Waals surface area contributed by atoms with Crippen LogP contribution in [0.5, 0.6) is 11.5 Å². The number of methoxy groups -OCH3 is 2. The van der Waals surface area contributed by atoms with Crippen LogP contribution in [0, 0.1) is 6.92 Å². The summed E-state index contributed by atoms with van der Waals surface area (Å²) in [6, 6.07) is 13.9. The van der Waals surface area contributed by atoms with Gasteiger partial charge in [0.1, 0.15) is 11.6 Å². The normalized spacial score (nSPS) is 12.1. The van der Waals surface area contributed by atoms with E-state index in [2.05, 4.69) is 34.3 Å². The molecule has 0 radical (unpaired) electrons. The maximum atomic E-state index is 6.14. The summed E-state index contributed by atoms with van der Waals surface area (Å²) in [7, 11) is 3.23. The minimum Gasteiger partial charge on any atom is -0.493 e. The summed E-state index contributed by atoms with van der Waals surface area (Å²) >= 11 is 7.86. The SMILES string of the molecule is COc1cc2nc(C)nc(NC(C)c3ccc(-c4ccc(Cl)cc4CN)s3)c2cc1OC. The highest BCUT2D eigenvalue weighted by Gasteiger charge is 2.16. The molecule has 2 aromatic carbocycles. The van der Waals surface area contributed by atoms with Crippen LogP contribution >= 0.6 is 22.9 Å². The van der Waals surface area contributed by atoms with E-state index in [1.54, 1.807) is 25.6 Å². The van der Waals surface area contributed by atoms with Crippen LogP contribution in [-0.2, 0) is 6.54 Å². The minimum atomic E-state index is 0.0352. The summed E-state index contributed by atoms with van der Waals surface area (Å²) in [5.41, 5.74) is 8.88. The number of thiophene rings is 1. The lowest BCUT2D eigenvalue weighted by atomic mass is 10.1. The first kappa shape index (κ1) is 22.3. The van der Waals surface area contributed by atoms with Gasteiger partial charge in [0.25, 0.3) is 0 Å². The fourth-order valence-electron chi connectivity index (χ4n) is 3.66. The van der Waals surface area contributed by atoms with Crippen LogP contribution in [0.4, 0.5) is 5.82 Å². The Morgan fingerprint density at radius 1 is 1.06 bits per heavy atom. The number of nitrogens with zero attached hydrogens (tertiary/aromatic N) is 2. The zero-order valence-corrected chi connectivity index (χ0v) is 20.0. The van der Waals surface area contributed by atoms with Gasteiger partial charge in [0.15, 0.2) is 11.5 Å². The molecule has 4 rings (SSSR count). The number of hydrogen-bond donors (Lipinski definition) is 2.